The molecule has 18 heavy (non-hydrogen) atoms. The van der Waals surface area contributed by atoms with E-state index in [0.29, 0.717) is 37.8 Å². The third kappa shape index (κ3) is 1.82. The third-order valence-corrected chi connectivity index (χ3v) is 3.04. The molecule has 1 aromatic heterocycles. The van der Waals surface area contributed by atoms with E-state index >= 15 is 0 Å². The average molecular weight is 247 g/mol. The summed E-state index contributed by atoms with van der Waals surface area (Å²) in [4.78, 5) is 14.0. The van der Waals surface area contributed by atoms with E-state index in [1.807, 2.05) is 4.90 Å². The Balaban J connectivity index is 2.12. The van der Waals surface area contributed by atoms with Crippen LogP contribution in [0.15, 0.2) is 33.5 Å². The average Bonchev–Trinajstić information content (AvgIpc) is 2.39. The highest BCUT2D eigenvalue weighted by Crippen LogP contribution is 2.25. The maximum atomic E-state index is 12.0. The van der Waals surface area contributed by atoms with E-state index in [1.54, 1.807) is 12.1 Å². The minimum atomic E-state index is -0.226. The number of phenolic OH excluding ortho intramolecular Hbond substituents is 1. The second-order valence-electron chi connectivity index (χ2n) is 4.20. The van der Waals surface area contributed by atoms with Crippen LogP contribution in [0.2, 0.25) is 0 Å². The fraction of sp³-hybridized carbons (Fsp3) is 0.308. The second-order valence-corrected chi connectivity index (χ2v) is 4.20. The number of hydrogen-bond donors (Lipinski definition) is 1. The van der Waals surface area contributed by atoms with Gasteiger partial charge in [-0.15, -0.1) is 0 Å². The largest absolute Gasteiger partial charge is 0.507 e. The van der Waals surface area contributed by atoms with Crippen molar-refractivity contribution < 1.29 is 14.3 Å². The van der Waals surface area contributed by atoms with Gasteiger partial charge in [0.15, 0.2) is 11.3 Å². The molecule has 0 amide bonds. The smallest absolute Gasteiger partial charge is 0.200 e. The Kier molecular flexibility index (Phi) is 2.68. The quantitative estimate of drug-likeness (QED) is 0.823. The van der Waals surface area contributed by atoms with Gasteiger partial charge >= 0.3 is 0 Å². The summed E-state index contributed by atoms with van der Waals surface area (Å²) in [7, 11) is 0. The lowest BCUT2D eigenvalue weighted by atomic mass is 10.2. The first-order valence-corrected chi connectivity index (χ1v) is 5.84. The Bertz CT molecular complexity index is 628. The van der Waals surface area contributed by atoms with Crippen molar-refractivity contribution >= 4 is 16.9 Å². The standard InChI is InChI=1S/C13H13NO4/c15-9-2-1-3-11-13(9)10(16)8-12(18-11)14-4-6-17-7-5-14/h1-3,8,15H,4-7H2. The van der Waals surface area contributed by atoms with E-state index < -0.39 is 0 Å². The number of hydrogen-bond acceptors (Lipinski definition) is 5. The Labute approximate surface area is 103 Å². The Morgan fingerprint density at radius 3 is 2.78 bits per heavy atom. The Morgan fingerprint density at radius 1 is 1.22 bits per heavy atom. The molecule has 2 aromatic rings. The van der Waals surface area contributed by atoms with Gasteiger partial charge in [-0.1, -0.05) is 6.07 Å². The van der Waals surface area contributed by atoms with Gasteiger partial charge in [-0.25, -0.2) is 0 Å². The number of ether oxygens (including phenoxy) is 1. The predicted molar refractivity (Wildman–Crippen MR) is 67.2 cm³/mol. The number of nitrogens with zero attached hydrogens (tertiary/aromatic N) is 1. The molecule has 0 unspecified atom stereocenters. The van der Waals surface area contributed by atoms with Crippen LogP contribution in [0.1, 0.15) is 0 Å². The molecule has 3 rings (SSSR count). The van der Waals surface area contributed by atoms with Crippen molar-refractivity contribution in [3.63, 3.8) is 0 Å². The minimum absolute atomic E-state index is 0.0465. The number of fused-ring (bicyclic) bond motifs is 1. The highest BCUT2D eigenvalue weighted by atomic mass is 16.5. The molecule has 1 aliphatic heterocycles. The molecule has 0 bridgehead atoms. The fourth-order valence-electron chi connectivity index (χ4n) is 2.12. The van der Waals surface area contributed by atoms with E-state index in [9.17, 15) is 9.90 Å². The molecule has 2 heterocycles. The number of morpholine rings is 1. The molecule has 1 saturated heterocycles. The van der Waals surface area contributed by atoms with Gasteiger partial charge in [0.25, 0.3) is 0 Å². The van der Waals surface area contributed by atoms with Crippen LogP contribution < -0.4 is 10.3 Å². The lowest BCUT2D eigenvalue weighted by Gasteiger charge is -2.27. The van der Waals surface area contributed by atoms with Crippen LogP contribution in [0.25, 0.3) is 11.0 Å². The normalized spacial score (nSPS) is 16.1. The third-order valence-electron chi connectivity index (χ3n) is 3.04. The summed E-state index contributed by atoms with van der Waals surface area (Å²) in [5.41, 5.74) is 0.180. The van der Waals surface area contributed by atoms with Crippen molar-refractivity contribution in [3.8, 4) is 5.75 Å². The van der Waals surface area contributed by atoms with Gasteiger partial charge in [-0.2, -0.15) is 0 Å². The zero-order valence-electron chi connectivity index (χ0n) is 9.76. The predicted octanol–water partition coefficient (Wildman–Crippen LogP) is 1.34. The minimum Gasteiger partial charge on any atom is -0.507 e. The second kappa shape index (κ2) is 4.34. The SMILES string of the molecule is O=c1cc(N2CCOCC2)oc2cccc(O)c12. The monoisotopic (exact) mass is 247 g/mol. The number of anilines is 1. The molecule has 0 saturated carbocycles. The summed E-state index contributed by atoms with van der Waals surface area (Å²) < 4.78 is 10.9. The van der Waals surface area contributed by atoms with E-state index in [4.69, 9.17) is 9.15 Å². The Hall–Kier alpha value is -2.01. The fourth-order valence-corrected chi connectivity index (χ4v) is 2.12. The van der Waals surface area contributed by atoms with E-state index in [0.717, 1.165) is 0 Å². The van der Waals surface area contributed by atoms with Crippen molar-refractivity contribution in [2.45, 2.75) is 0 Å². The van der Waals surface area contributed by atoms with Crippen LogP contribution in [-0.4, -0.2) is 31.4 Å². The van der Waals surface area contributed by atoms with Gasteiger partial charge in [-0.05, 0) is 12.1 Å². The number of rotatable bonds is 1. The van der Waals surface area contributed by atoms with Gasteiger partial charge < -0.3 is 19.2 Å². The van der Waals surface area contributed by atoms with Crippen LogP contribution in [0.4, 0.5) is 5.88 Å². The molecule has 1 aliphatic rings. The van der Waals surface area contributed by atoms with Crippen LogP contribution in [0, 0.1) is 0 Å². The summed E-state index contributed by atoms with van der Waals surface area (Å²) in [6.07, 6.45) is 0. The molecule has 5 heteroatoms. The first-order chi connectivity index (χ1) is 8.75. The lowest BCUT2D eigenvalue weighted by molar-refractivity contribution is 0.121. The van der Waals surface area contributed by atoms with Crippen LogP contribution >= 0.6 is 0 Å². The summed E-state index contributed by atoms with van der Waals surface area (Å²) in [5, 5.41) is 9.89. The van der Waals surface area contributed by atoms with Crippen molar-refractivity contribution in [2.24, 2.45) is 0 Å². The molecule has 0 radical (unpaired) electrons. The lowest BCUT2D eigenvalue weighted by Crippen LogP contribution is -2.36. The molecular formula is C13H13NO4. The molecule has 0 atom stereocenters. The van der Waals surface area contributed by atoms with E-state index in [2.05, 4.69) is 0 Å². The Morgan fingerprint density at radius 2 is 2.00 bits per heavy atom. The molecule has 1 N–H and O–H groups in total. The first kappa shape index (κ1) is 11.1. The molecule has 94 valence electrons. The van der Waals surface area contributed by atoms with Gasteiger partial charge in [0.05, 0.1) is 13.2 Å². The summed E-state index contributed by atoms with van der Waals surface area (Å²) >= 11 is 0. The molecule has 0 spiro atoms. The van der Waals surface area contributed by atoms with E-state index in [1.165, 1.54) is 12.1 Å². The summed E-state index contributed by atoms with van der Waals surface area (Å²) in [6, 6.07) is 6.24. The highest BCUT2D eigenvalue weighted by Gasteiger charge is 2.16. The zero-order valence-corrected chi connectivity index (χ0v) is 9.76. The van der Waals surface area contributed by atoms with Gasteiger partial charge in [0, 0.05) is 19.2 Å². The number of benzene rings is 1. The summed E-state index contributed by atoms with van der Waals surface area (Å²) in [6.45, 7) is 2.66. The van der Waals surface area contributed by atoms with Crippen LogP contribution in [-0.2, 0) is 4.74 Å². The number of phenols is 1. The first-order valence-electron chi connectivity index (χ1n) is 5.84. The van der Waals surface area contributed by atoms with Gasteiger partial charge in [0.2, 0.25) is 0 Å². The van der Waals surface area contributed by atoms with Crippen molar-refractivity contribution in [3.05, 3.63) is 34.5 Å². The van der Waals surface area contributed by atoms with Crippen molar-refractivity contribution in [1.82, 2.24) is 0 Å². The number of aromatic hydroxyl groups is 1. The van der Waals surface area contributed by atoms with E-state index in [-0.39, 0.29) is 16.6 Å². The molecule has 1 fully saturated rings. The maximum absolute atomic E-state index is 12.0. The van der Waals surface area contributed by atoms with Crippen LogP contribution in [0.5, 0.6) is 5.75 Å². The zero-order chi connectivity index (χ0) is 12.5. The molecule has 5 nitrogen and oxygen atoms in total. The highest BCUT2D eigenvalue weighted by molar-refractivity contribution is 5.83. The van der Waals surface area contributed by atoms with Crippen molar-refractivity contribution in [1.29, 1.82) is 0 Å². The van der Waals surface area contributed by atoms with Gasteiger partial charge in [-0.3, -0.25) is 4.79 Å². The van der Waals surface area contributed by atoms with Crippen molar-refractivity contribution in [2.75, 3.05) is 31.2 Å². The van der Waals surface area contributed by atoms with Gasteiger partial charge in [0.1, 0.15) is 16.7 Å². The molecular weight excluding hydrogens is 234 g/mol. The summed E-state index contributed by atoms with van der Waals surface area (Å²) in [5.74, 6) is 0.483. The maximum Gasteiger partial charge on any atom is 0.200 e. The topological polar surface area (TPSA) is 62.9 Å². The molecule has 1 aromatic carbocycles. The van der Waals surface area contributed by atoms with Crippen LogP contribution in [0.3, 0.4) is 0 Å². The molecule has 0 aliphatic carbocycles.